The second-order valence-electron chi connectivity index (χ2n) is 5.77. The van der Waals surface area contributed by atoms with Crippen LogP contribution in [0, 0.1) is 0 Å². The number of methoxy groups -OCH3 is 1. The highest BCUT2D eigenvalue weighted by molar-refractivity contribution is 9.10. The maximum atomic E-state index is 5.30. The zero-order valence-electron chi connectivity index (χ0n) is 13.0. The summed E-state index contributed by atoms with van der Waals surface area (Å²) in [5.41, 5.74) is 2.38. The van der Waals surface area contributed by atoms with E-state index < -0.39 is 0 Å². The minimum absolute atomic E-state index is 0.108. The smallest absolute Gasteiger partial charge is 0.119 e. The summed E-state index contributed by atoms with van der Waals surface area (Å²) < 4.78 is 6.40. The van der Waals surface area contributed by atoms with Gasteiger partial charge in [-0.05, 0) is 56.2 Å². The first kappa shape index (κ1) is 16.1. The molecule has 1 atom stereocenters. The normalized spacial score (nSPS) is 13.0. The Kier molecular flexibility index (Phi) is 5.07. The maximum absolute atomic E-state index is 5.30. The van der Waals surface area contributed by atoms with Crippen molar-refractivity contribution in [2.45, 2.75) is 32.4 Å². The van der Waals surface area contributed by atoms with Gasteiger partial charge in [-0.3, -0.25) is 0 Å². The van der Waals surface area contributed by atoms with Crippen molar-refractivity contribution in [2.75, 3.05) is 7.11 Å². The summed E-state index contributed by atoms with van der Waals surface area (Å²) in [7, 11) is 1.70. The van der Waals surface area contributed by atoms with Gasteiger partial charge in [-0.1, -0.05) is 40.2 Å². The monoisotopic (exact) mass is 347 g/mol. The molecule has 2 nitrogen and oxygen atoms in total. The van der Waals surface area contributed by atoms with Crippen LogP contribution in [0.15, 0.2) is 53.0 Å². The Morgan fingerprint density at radius 1 is 1.10 bits per heavy atom. The van der Waals surface area contributed by atoms with E-state index in [1.165, 1.54) is 11.1 Å². The summed E-state index contributed by atoms with van der Waals surface area (Å²) in [4.78, 5) is 0. The van der Waals surface area contributed by atoms with Gasteiger partial charge < -0.3 is 10.1 Å². The second kappa shape index (κ2) is 6.63. The molecule has 0 radical (unpaired) electrons. The highest BCUT2D eigenvalue weighted by Crippen LogP contribution is 2.27. The van der Waals surface area contributed by atoms with Gasteiger partial charge in [0.15, 0.2) is 0 Å². The van der Waals surface area contributed by atoms with Crippen LogP contribution in [-0.4, -0.2) is 7.11 Å². The number of rotatable bonds is 5. The fourth-order valence-corrected chi connectivity index (χ4v) is 2.75. The van der Waals surface area contributed by atoms with E-state index in [0.717, 1.165) is 10.2 Å². The fraction of sp³-hybridized carbons (Fsp3) is 0.333. The molecule has 0 aliphatic carbocycles. The Balaban J connectivity index is 2.16. The fourth-order valence-electron chi connectivity index (χ4n) is 2.49. The van der Waals surface area contributed by atoms with E-state index in [9.17, 15) is 0 Å². The van der Waals surface area contributed by atoms with Crippen LogP contribution in [-0.2, 0) is 5.54 Å². The van der Waals surface area contributed by atoms with Gasteiger partial charge in [0.05, 0.1) is 7.11 Å². The van der Waals surface area contributed by atoms with Gasteiger partial charge in [0.25, 0.3) is 0 Å². The van der Waals surface area contributed by atoms with Gasteiger partial charge >= 0.3 is 0 Å². The summed E-state index contributed by atoms with van der Waals surface area (Å²) in [5.74, 6) is 0.891. The van der Waals surface area contributed by atoms with Crippen molar-refractivity contribution in [3.05, 3.63) is 64.1 Å². The number of ether oxygens (including phenoxy) is 1. The van der Waals surface area contributed by atoms with Crippen LogP contribution in [0.4, 0.5) is 0 Å². The standard InChI is InChI=1S/C18H22BrNO/c1-13(14-6-5-7-17(12-14)21-4)20-18(2,3)15-8-10-16(19)11-9-15/h5-13,20H,1-4H3. The number of hydrogen-bond donors (Lipinski definition) is 1. The van der Waals surface area contributed by atoms with Crippen molar-refractivity contribution < 1.29 is 4.74 Å². The molecular weight excluding hydrogens is 326 g/mol. The van der Waals surface area contributed by atoms with E-state index in [0.29, 0.717) is 0 Å². The zero-order chi connectivity index (χ0) is 15.5. The Labute approximate surface area is 135 Å². The van der Waals surface area contributed by atoms with E-state index in [2.05, 4.69) is 78.4 Å². The summed E-state index contributed by atoms with van der Waals surface area (Å²) in [6.07, 6.45) is 0. The summed E-state index contributed by atoms with van der Waals surface area (Å²) in [6, 6.07) is 16.9. The van der Waals surface area contributed by atoms with Crippen molar-refractivity contribution in [3.63, 3.8) is 0 Å². The molecule has 21 heavy (non-hydrogen) atoms. The number of hydrogen-bond acceptors (Lipinski definition) is 2. The molecule has 2 aromatic rings. The molecule has 1 N–H and O–H groups in total. The molecule has 0 bridgehead atoms. The predicted octanol–water partition coefficient (Wildman–Crippen LogP) is 5.04. The Bertz CT molecular complexity index is 592. The molecule has 0 aliphatic heterocycles. The first-order chi connectivity index (χ1) is 9.92. The number of halogens is 1. The van der Waals surface area contributed by atoms with Crippen molar-refractivity contribution in [1.82, 2.24) is 5.32 Å². The van der Waals surface area contributed by atoms with Crippen LogP contribution in [0.1, 0.15) is 37.9 Å². The molecule has 2 aromatic carbocycles. The molecule has 112 valence electrons. The van der Waals surface area contributed by atoms with Crippen LogP contribution >= 0.6 is 15.9 Å². The van der Waals surface area contributed by atoms with Gasteiger partial charge in [-0.15, -0.1) is 0 Å². The quantitative estimate of drug-likeness (QED) is 0.817. The third-order valence-electron chi connectivity index (χ3n) is 3.74. The molecule has 2 rings (SSSR count). The van der Waals surface area contributed by atoms with Crippen molar-refractivity contribution in [1.29, 1.82) is 0 Å². The minimum atomic E-state index is -0.108. The number of nitrogens with one attached hydrogen (secondary N) is 1. The third kappa shape index (κ3) is 4.08. The molecule has 0 fully saturated rings. The van der Waals surface area contributed by atoms with E-state index in [-0.39, 0.29) is 11.6 Å². The minimum Gasteiger partial charge on any atom is -0.497 e. The van der Waals surface area contributed by atoms with Crippen LogP contribution < -0.4 is 10.1 Å². The Morgan fingerprint density at radius 3 is 2.38 bits per heavy atom. The highest BCUT2D eigenvalue weighted by Gasteiger charge is 2.23. The third-order valence-corrected chi connectivity index (χ3v) is 4.27. The van der Waals surface area contributed by atoms with E-state index in [1.807, 2.05) is 12.1 Å². The van der Waals surface area contributed by atoms with Gasteiger partial charge in [0.2, 0.25) is 0 Å². The van der Waals surface area contributed by atoms with Gasteiger partial charge in [-0.2, -0.15) is 0 Å². The summed E-state index contributed by atoms with van der Waals surface area (Å²) >= 11 is 3.48. The van der Waals surface area contributed by atoms with Crippen molar-refractivity contribution in [2.24, 2.45) is 0 Å². The summed E-state index contributed by atoms with van der Waals surface area (Å²) in [5, 5.41) is 3.69. The van der Waals surface area contributed by atoms with E-state index in [4.69, 9.17) is 4.74 Å². The lowest BCUT2D eigenvalue weighted by atomic mass is 9.92. The van der Waals surface area contributed by atoms with Crippen LogP contribution in [0.2, 0.25) is 0 Å². The van der Waals surface area contributed by atoms with Gasteiger partial charge in [0.1, 0.15) is 5.75 Å². The first-order valence-corrected chi connectivity index (χ1v) is 7.89. The molecular formula is C18H22BrNO. The molecule has 0 aliphatic rings. The molecule has 3 heteroatoms. The Morgan fingerprint density at radius 2 is 1.76 bits per heavy atom. The summed E-state index contributed by atoms with van der Waals surface area (Å²) in [6.45, 7) is 6.58. The van der Waals surface area contributed by atoms with Crippen LogP contribution in [0.25, 0.3) is 0 Å². The molecule has 0 amide bonds. The second-order valence-corrected chi connectivity index (χ2v) is 6.69. The largest absolute Gasteiger partial charge is 0.497 e. The van der Waals surface area contributed by atoms with Gasteiger partial charge in [-0.25, -0.2) is 0 Å². The average Bonchev–Trinajstić information content (AvgIpc) is 2.47. The van der Waals surface area contributed by atoms with Gasteiger partial charge in [0, 0.05) is 16.1 Å². The van der Waals surface area contributed by atoms with Crippen molar-refractivity contribution >= 4 is 15.9 Å². The molecule has 0 aromatic heterocycles. The van der Waals surface area contributed by atoms with E-state index in [1.54, 1.807) is 7.11 Å². The lowest BCUT2D eigenvalue weighted by Gasteiger charge is -2.31. The Hall–Kier alpha value is -1.32. The molecule has 1 unspecified atom stereocenters. The molecule has 0 heterocycles. The van der Waals surface area contributed by atoms with E-state index >= 15 is 0 Å². The SMILES string of the molecule is COc1cccc(C(C)NC(C)(C)c2ccc(Br)cc2)c1. The maximum Gasteiger partial charge on any atom is 0.119 e. The predicted molar refractivity (Wildman–Crippen MR) is 91.7 cm³/mol. The van der Waals surface area contributed by atoms with Crippen LogP contribution in [0.3, 0.4) is 0 Å². The molecule has 0 saturated carbocycles. The average molecular weight is 348 g/mol. The molecule has 0 spiro atoms. The molecule has 0 saturated heterocycles. The topological polar surface area (TPSA) is 21.3 Å². The lowest BCUT2D eigenvalue weighted by molar-refractivity contribution is 0.356. The lowest BCUT2D eigenvalue weighted by Crippen LogP contribution is -2.38. The van der Waals surface area contributed by atoms with Crippen LogP contribution in [0.5, 0.6) is 5.75 Å². The van der Waals surface area contributed by atoms with Crippen molar-refractivity contribution in [3.8, 4) is 5.75 Å². The zero-order valence-corrected chi connectivity index (χ0v) is 14.6. The first-order valence-electron chi connectivity index (χ1n) is 7.10. The highest BCUT2D eigenvalue weighted by atomic mass is 79.9. The number of benzene rings is 2.